The van der Waals surface area contributed by atoms with Gasteiger partial charge in [0, 0.05) is 6.04 Å². The molecule has 1 saturated heterocycles. The highest BCUT2D eigenvalue weighted by Crippen LogP contribution is 2.59. The third-order valence-electron chi connectivity index (χ3n) is 3.71. The smallest absolute Gasteiger partial charge is 0.411 e. The van der Waals surface area contributed by atoms with Gasteiger partial charge in [0.1, 0.15) is 11.6 Å². The number of nitrogens with zero attached hydrogens (tertiary/aromatic N) is 1. The molecule has 2 unspecified atom stereocenters. The molecule has 1 aliphatic carbocycles. The molecule has 0 aromatic rings. The van der Waals surface area contributed by atoms with Gasteiger partial charge >= 0.3 is 12.1 Å². The van der Waals surface area contributed by atoms with Gasteiger partial charge in [0.05, 0.1) is 7.11 Å². The van der Waals surface area contributed by atoms with Crippen LogP contribution < -0.4 is 0 Å². The van der Waals surface area contributed by atoms with Gasteiger partial charge in [-0.25, -0.2) is 9.59 Å². The lowest BCUT2D eigenvalue weighted by Crippen LogP contribution is -2.46. The molecule has 1 heterocycles. The maximum absolute atomic E-state index is 12.2. The molecule has 0 aromatic heterocycles. The fourth-order valence-corrected chi connectivity index (χ4v) is 2.70. The minimum absolute atomic E-state index is 0.0652. The molecule has 0 spiro atoms. The Bertz CT molecular complexity index is 387. The molecule has 5 heteroatoms. The summed E-state index contributed by atoms with van der Waals surface area (Å²) < 4.78 is 10.1. The highest BCUT2D eigenvalue weighted by molar-refractivity contribution is 5.83. The molecule has 1 aliphatic heterocycles. The fraction of sp³-hybridized carbons (Fsp3) is 0.846. The molecule has 18 heavy (non-hydrogen) atoms. The lowest BCUT2D eigenvalue weighted by molar-refractivity contribution is -0.146. The second kappa shape index (κ2) is 3.87. The molecule has 5 nitrogen and oxygen atoms in total. The van der Waals surface area contributed by atoms with Crippen molar-refractivity contribution >= 4 is 12.1 Å². The Morgan fingerprint density at radius 1 is 1.28 bits per heavy atom. The Balaban J connectivity index is 2.14. The van der Waals surface area contributed by atoms with E-state index < -0.39 is 17.7 Å². The van der Waals surface area contributed by atoms with Gasteiger partial charge in [-0.15, -0.1) is 0 Å². The molecular formula is C13H21NO4. The predicted molar refractivity (Wildman–Crippen MR) is 65.0 cm³/mol. The summed E-state index contributed by atoms with van der Waals surface area (Å²) in [6.45, 7) is 7.55. The van der Waals surface area contributed by atoms with Crippen molar-refractivity contribution in [3.05, 3.63) is 0 Å². The SMILES string of the molecule is COC(=O)C1C[C@]2(C)CC2N1C(=O)OC(C)(C)C. The molecule has 2 fully saturated rings. The van der Waals surface area contributed by atoms with E-state index in [4.69, 9.17) is 9.47 Å². The summed E-state index contributed by atoms with van der Waals surface area (Å²) in [6.07, 6.45) is 1.20. The maximum Gasteiger partial charge on any atom is 0.411 e. The van der Waals surface area contributed by atoms with E-state index in [9.17, 15) is 9.59 Å². The first-order valence-electron chi connectivity index (χ1n) is 6.27. The second-order valence-corrected chi connectivity index (χ2v) is 6.50. The molecule has 3 atom stereocenters. The van der Waals surface area contributed by atoms with E-state index in [1.165, 1.54) is 7.11 Å². The van der Waals surface area contributed by atoms with Crippen LogP contribution >= 0.6 is 0 Å². The number of hydrogen-bond donors (Lipinski definition) is 0. The molecular weight excluding hydrogens is 234 g/mol. The average molecular weight is 255 g/mol. The summed E-state index contributed by atoms with van der Waals surface area (Å²) in [6, 6.07) is -0.370. The number of methoxy groups -OCH3 is 1. The quantitative estimate of drug-likeness (QED) is 0.672. The van der Waals surface area contributed by atoms with Crippen molar-refractivity contribution in [2.75, 3.05) is 7.11 Å². The van der Waals surface area contributed by atoms with Gasteiger partial charge in [0.15, 0.2) is 0 Å². The van der Waals surface area contributed by atoms with Crippen molar-refractivity contribution in [3.8, 4) is 0 Å². The minimum atomic E-state index is -0.550. The van der Waals surface area contributed by atoms with Gasteiger partial charge in [-0.05, 0) is 39.0 Å². The first-order chi connectivity index (χ1) is 8.18. The summed E-state index contributed by atoms with van der Waals surface area (Å²) in [4.78, 5) is 25.5. The van der Waals surface area contributed by atoms with E-state index in [0.717, 1.165) is 6.42 Å². The van der Waals surface area contributed by atoms with Crippen LogP contribution in [0.3, 0.4) is 0 Å². The van der Waals surface area contributed by atoms with Crippen LogP contribution in [0.25, 0.3) is 0 Å². The largest absolute Gasteiger partial charge is 0.467 e. The van der Waals surface area contributed by atoms with Crippen molar-refractivity contribution in [1.82, 2.24) is 4.90 Å². The Morgan fingerprint density at radius 2 is 1.89 bits per heavy atom. The van der Waals surface area contributed by atoms with Crippen molar-refractivity contribution in [3.63, 3.8) is 0 Å². The zero-order chi connectivity index (χ0) is 13.7. The summed E-state index contributed by atoms with van der Waals surface area (Å²) in [5, 5.41) is 0. The van der Waals surface area contributed by atoms with Crippen LogP contribution in [0.1, 0.15) is 40.5 Å². The summed E-state index contributed by atoms with van der Waals surface area (Å²) in [5.74, 6) is -0.353. The fourth-order valence-electron chi connectivity index (χ4n) is 2.70. The molecule has 2 rings (SSSR count). The van der Waals surface area contributed by atoms with E-state index in [1.807, 2.05) is 20.8 Å². The number of carbonyl (C=O) groups is 2. The Kier molecular flexibility index (Phi) is 2.83. The highest BCUT2D eigenvalue weighted by atomic mass is 16.6. The van der Waals surface area contributed by atoms with Crippen LogP contribution in [0.4, 0.5) is 4.79 Å². The standard InChI is InChI=1S/C13H21NO4/c1-12(2,3)18-11(16)14-8(10(15)17-5)6-13(4)7-9(13)14/h8-9H,6-7H2,1-5H3/t8?,9?,13-/m1/s1. The number of carbonyl (C=O) groups excluding carboxylic acids is 2. The third-order valence-corrected chi connectivity index (χ3v) is 3.71. The summed E-state index contributed by atoms with van der Waals surface area (Å²) in [5.41, 5.74) is -0.485. The van der Waals surface area contributed by atoms with Crippen LogP contribution in [0.15, 0.2) is 0 Å². The van der Waals surface area contributed by atoms with E-state index in [-0.39, 0.29) is 17.4 Å². The molecule has 0 N–H and O–H groups in total. The van der Waals surface area contributed by atoms with Crippen LogP contribution in [0.2, 0.25) is 0 Å². The number of rotatable bonds is 1. The average Bonchev–Trinajstić information content (AvgIpc) is 2.77. The van der Waals surface area contributed by atoms with E-state index in [2.05, 4.69) is 6.92 Å². The predicted octanol–water partition coefficient (Wildman–Crippen LogP) is 1.95. The second-order valence-electron chi connectivity index (χ2n) is 6.50. The lowest BCUT2D eigenvalue weighted by atomic mass is 10.0. The number of likely N-dealkylation sites (tertiary alicyclic amines) is 1. The van der Waals surface area contributed by atoms with Crippen molar-refractivity contribution in [2.24, 2.45) is 5.41 Å². The third kappa shape index (κ3) is 2.18. The maximum atomic E-state index is 12.2. The zero-order valence-electron chi connectivity index (χ0n) is 11.6. The molecule has 2 aliphatic rings. The van der Waals surface area contributed by atoms with Crippen molar-refractivity contribution in [2.45, 2.75) is 58.2 Å². The van der Waals surface area contributed by atoms with E-state index >= 15 is 0 Å². The van der Waals surface area contributed by atoms with Crippen LogP contribution in [0.5, 0.6) is 0 Å². The summed E-state index contributed by atoms with van der Waals surface area (Å²) >= 11 is 0. The molecule has 0 bridgehead atoms. The Hall–Kier alpha value is -1.26. The number of hydrogen-bond acceptors (Lipinski definition) is 4. The van der Waals surface area contributed by atoms with E-state index in [0.29, 0.717) is 6.42 Å². The normalized spacial score (nSPS) is 33.9. The Labute approximate surface area is 107 Å². The number of ether oxygens (including phenoxy) is 2. The van der Waals surface area contributed by atoms with Gasteiger partial charge in [-0.3, -0.25) is 4.90 Å². The van der Waals surface area contributed by atoms with Crippen LogP contribution in [0, 0.1) is 5.41 Å². The van der Waals surface area contributed by atoms with Gasteiger partial charge in [-0.2, -0.15) is 0 Å². The lowest BCUT2D eigenvalue weighted by Gasteiger charge is -2.29. The molecule has 102 valence electrons. The topological polar surface area (TPSA) is 55.8 Å². The van der Waals surface area contributed by atoms with Gasteiger partial charge < -0.3 is 9.47 Å². The number of piperidine rings is 1. The first kappa shape index (κ1) is 13.2. The van der Waals surface area contributed by atoms with Gasteiger partial charge in [0.2, 0.25) is 0 Å². The number of esters is 1. The minimum Gasteiger partial charge on any atom is -0.467 e. The van der Waals surface area contributed by atoms with Gasteiger partial charge in [0.25, 0.3) is 0 Å². The van der Waals surface area contributed by atoms with Crippen LogP contribution in [-0.4, -0.2) is 41.8 Å². The number of fused-ring (bicyclic) bond motifs is 1. The number of amides is 1. The molecule has 0 aromatic carbocycles. The molecule has 1 saturated carbocycles. The Morgan fingerprint density at radius 3 is 2.39 bits per heavy atom. The molecule has 0 radical (unpaired) electrons. The summed E-state index contributed by atoms with van der Waals surface area (Å²) in [7, 11) is 1.35. The first-order valence-corrected chi connectivity index (χ1v) is 6.27. The highest BCUT2D eigenvalue weighted by Gasteiger charge is 2.65. The van der Waals surface area contributed by atoms with Crippen molar-refractivity contribution in [1.29, 1.82) is 0 Å². The van der Waals surface area contributed by atoms with Crippen LogP contribution in [-0.2, 0) is 14.3 Å². The monoisotopic (exact) mass is 255 g/mol. The zero-order valence-corrected chi connectivity index (χ0v) is 11.6. The van der Waals surface area contributed by atoms with Gasteiger partial charge in [-0.1, -0.05) is 6.92 Å². The van der Waals surface area contributed by atoms with E-state index in [1.54, 1.807) is 4.90 Å². The van der Waals surface area contributed by atoms with Crippen molar-refractivity contribution < 1.29 is 19.1 Å². The molecule has 1 amide bonds.